The van der Waals surface area contributed by atoms with E-state index in [0.717, 1.165) is 12.8 Å². The van der Waals surface area contributed by atoms with Crippen molar-refractivity contribution in [1.82, 2.24) is 10.2 Å². The molecule has 0 unspecified atom stereocenters. The normalized spacial score (nSPS) is 16.9. The summed E-state index contributed by atoms with van der Waals surface area (Å²) in [4.78, 5) is 13.9. The van der Waals surface area contributed by atoms with Crippen molar-refractivity contribution in [1.29, 1.82) is 0 Å². The summed E-state index contributed by atoms with van der Waals surface area (Å²) >= 11 is 5.60. The van der Waals surface area contributed by atoms with Gasteiger partial charge in [0.1, 0.15) is 5.82 Å². The van der Waals surface area contributed by atoms with Crippen LogP contribution in [0.1, 0.15) is 23.2 Å². The SMILES string of the molecule is CNC1CCN(C(=O)c2ccc(Cl)c(F)c2)CC1. The number of nitrogens with zero attached hydrogens (tertiary/aromatic N) is 1. The number of rotatable bonds is 2. The van der Waals surface area contributed by atoms with E-state index in [-0.39, 0.29) is 10.9 Å². The summed E-state index contributed by atoms with van der Waals surface area (Å²) in [5, 5.41) is 3.25. The van der Waals surface area contributed by atoms with Crippen LogP contribution in [0.15, 0.2) is 18.2 Å². The van der Waals surface area contributed by atoms with E-state index in [1.165, 1.54) is 12.1 Å². The van der Waals surface area contributed by atoms with Crippen molar-refractivity contribution >= 4 is 17.5 Å². The van der Waals surface area contributed by atoms with Crippen molar-refractivity contribution in [3.05, 3.63) is 34.6 Å². The van der Waals surface area contributed by atoms with Gasteiger partial charge in [-0.3, -0.25) is 4.79 Å². The van der Waals surface area contributed by atoms with Crippen LogP contribution in [0.25, 0.3) is 0 Å². The molecule has 1 aromatic rings. The Bertz CT molecular complexity index is 445. The van der Waals surface area contributed by atoms with Crippen molar-refractivity contribution in [2.45, 2.75) is 18.9 Å². The molecule has 0 saturated carbocycles. The van der Waals surface area contributed by atoms with Crippen LogP contribution in [0.4, 0.5) is 4.39 Å². The molecule has 0 radical (unpaired) electrons. The van der Waals surface area contributed by atoms with E-state index in [4.69, 9.17) is 11.6 Å². The molecule has 1 fully saturated rings. The average Bonchev–Trinajstić information content (AvgIpc) is 2.41. The molecule has 0 spiro atoms. The summed E-state index contributed by atoms with van der Waals surface area (Å²) in [6, 6.07) is 4.66. The van der Waals surface area contributed by atoms with Crippen molar-refractivity contribution in [3.8, 4) is 0 Å². The zero-order valence-corrected chi connectivity index (χ0v) is 11.0. The topological polar surface area (TPSA) is 32.3 Å². The Hall–Kier alpha value is -1.13. The summed E-state index contributed by atoms with van der Waals surface area (Å²) in [5.74, 6) is -0.673. The zero-order chi connectivity index (χ0) is 13.1. The highest BCUT2D eigenvalue weighted by Crippen LogP contribution is 2.18. The quantitative estimate of drug-likeness (QED) is 0.894. The Morgan fingerprint density at radius 3 is 2.67 bits per heavy atom. The van der Waals surface area contributed by atoms with E-state index in [9.17, 15) is 9.18 Å². The van der Waals surface area contributed by atoms with Crippen LogP contribution in [0.3, 0.4) is 0 Å². The van der Waals surface area contributed by atoms with E-state index in [1.54, 1.807) is 11.0 Å². The second-order valence-corrected chi connectivity index (χ2v) is 4.89. The standard InChI is InChI=1S/C13H16ClFN2O/c1-16-10-4-6-17(7-5-10)13(18)9-2-3-11(14)12(15)8-9/h2-3,8,10,16H,4-7H2,1H3. The monoisotopic (exact) mass is 270 g/mol. The molecule has 1 aliphatic rings. The first kappa shape index (κ1) is 13.3. The largest absolute Gasteiger partial charge is 0.339 e. The molecule has 5 heteroatoms. The minimum Gasteiger partial charge on any atom is -0.339 e. The molecule has 1 aliphatic heterocycles. The van der Waals surface area contributed by atoms with E-state index in [0.29, 0.717) is 24.7 Å². The predicted octanol–water partition coefficient (Wildman–Crippen LogP) is 2.30. The van der Waals surface area contributed by atoms with Gasteiger partial charge in [0.25, 0.3) is 5.91 Å². The van der Waals surface area contributed by atoms with E-state index < -0.39 is 5.82 Å². The number of nitrogens with one attached hydrogen (secondary N) is 1. The van der Waals surface area contributed by atoms with Crippen LogP contribution in [0.2, 0.25) is 5.02 Å². The van der Waals surface area contributed by atoms with Gasteiger partial charge in [-0.15, -0.1) is 0 Å². The fourth-order valence-corrected chi connectivity index (χ4v) is 2.30. The third kappa shape index (κ3) is 2.82. The van der Waals surface area contributed by atoms with E-state index in [1.807, 2.05) is 7.05 Å². The Morgan fingerprint density at radius 1 is 1.44 bits per heavy atom. The summed E-state index contributed by atoms with van der Waals surface area (Å²) in [5.41, 5.74) is 0.361. The Labute approximate surface area is 111 Å². The number of benzene rings is 1. The van der Waals surface area contributed by atoms with Gasteiger partial charge in [0.05, 0.1) is 5.02 Å². The molecule has 1 amide bonds. The van der Waals surface area contributed by atoms with Crippen LogP contribution in [-0.2, 0) is 0 Å². The van der Waals surface area contributed by atoms with Gasteiger partial charge in [-0.25, -0.2) is 4.39 Å². The summed E-state index contributed by atoms with van der Waals surface area (Å²) in [7, 11) is 1.93. The van der Waals surface area contributed by atoms with Crippen molar-refractivity contribution in [2.75, 3.05) is 20.1 Å². The molecule has 0 atom stereocenters. The Morgan fingerprint density at radius 2 is 2.11 bits per heavy atom. The van der Waals surface area contributed by atoms with Gasteiger partial charge in [0.15, 0.2) is 0 Å². The second kappa shape index (κ2) is 5.67. The van der Waals surface area contributed by atoms with E-state index in [2.05, 4.69) is 5.32 Å². The number of carbonyl (C=O) groups is 1. The molecule has 0 aromatic heterocycles. The fraction of sp³-hybridized carbons (Fsp3) is 0.462. The molecule has 1 saturated heterocycles. The minimum atomic E-state index is -0.548. The highest BCUT2D eigenvalue weighted by atomic mass is 35.5. The maximum Gasteiger partial charge on any atom is 0.253 e. The van der Waals surface area contributed by atoms with Crippen LogP contribution in [0.5, 0.6) is 0 Å². The lowest BCUT2D eigenvalue weighted by atomic mass is 10.0. The van der Waals surface area contributed by atoms with Gasteiger partial charge in [-0.2, -0.15) is 0 Å². The highest BCUT2D eigenvalue weighted by molar-refractivity contribution is 6.30. The van der Waals surface area contributed by atoms with Gasteiger partial charge in [0, 0.05) is 24.7 Å². The van der Waals surface area contributed by atoms with Crippen LogP contribution in [0, 0.1) is 5.82 Å². The van der Waals surface area contributed by atoms with Gasteiger partial charge in [0.2, 0.25) is 0 Å². The Balaban J connectivity index is 2.05. The lowest BCUT2D eigenvalue weighted by molar-refractivity contribution is 0.0707. The van der Waals surface area contributed by atoms with Crippen LogP contribution >= 0.6 is 11.6 Å². The maximum absolute atomic E-state index is 13.3. The average molecular weight is 271 g/mol. The third-order valence-electron chi connectivity index (χ3n) is 3.36. The number of hydrogen-bond donors (Lipinski definition) is 1. The Kier molecular flexibility index (Phi) is 4.19. The number of hydrogen-bond acceptors (Lipinski definition) is 2. The first-order valence-electron chi connectivity index (χ1n) is 6.03. The fourth-order valence-electron chi connectivity index (χ4n) is 2.18. The van der Waals surface area contributed by atoms with Crippen LogP contribution < -0.4 is 5.32 Å². The molecule has 3 nitrogen and oxygen atoms in total. The molecule has 0 aliphatic carbocycles. The lowest BCUT2D eigenvalue weighted by Crippen LogP contribution is -2.43. The molecule has 1 aromatic carbocycles. The maximum atomic E-state index is 13.3. The van der Waals surface area contributed by atoms with Gasteiger partial charge in [-0.1, -0.05) is 11.6 Å². The number of halogens is 2. The summed E-state index contributed by atoms with van der Waals surface area (Å²) in [6.07, 6.45) is 1.86. The first-order valence-corrected chi connectivity index (χ1v) is 6.41. The molecular weight excluding hydrogens is 255 g/mol. The second-order valence-electron chi connectivity index (χ2n) is 4.48. The molecule has 98 valence electrons. The smallest absolute Gasteiger partial charge is 0.253 e. The van der Waals surface area contributed by atoms with Crippen molar-refractivity contribution in [2.24, 2.45) is 0 Å². The molecule has 1 N–H and O–H groups in total. The van der Waals surface area contributed by atoms with Gasteiger partial charge >= 0.3 is 0 Å². The molecular formula is C13H16ClFN2O. The van der Waals surface area contributed by atoms with Crippen LogP contribution in [-0.4, -0.2) is 37.0 Å². The summed E-state index contributed by atoms with van der Waals surface area (Å²) in [6.45, 7) is 1.41. The number of piperidine rings is 1. The molecule has 18 heavy (non-hydrogen) atoms. The number of carbonyl (C=O) groups excluding carboxylic acids is 1. The highest BCUT2D eigenvalue weighted by Gasteiger charge is 2.23. The molecule has 0 bridgehead atoms. The molecule has 2 rings (SSSR count). The lowest BCUT2D eigenvalue weighted by Gasteiger charge is -2.31. The summed E-state index contributed by atoms with van der Waals surface area (Å²) < 4.78 is 13.3. The third-order valence-corrected chi connectivity index (χ3v) is 3.66. The molecule has 1 heterocycles. The van der Waals surface area contributed by atoms with E-state index >= 15 is 0 Å². The predicted molar refractivity (Wildman–Crippen MR) is 69.4 cm³/mol. The first-order chi connectivity index (χ1) is 8.61. The zero-order valence-electron chi connectivity index (χ0n) is 10.2. The van der Waals surface area contributed by atoms with Crippen molar-refractivity contribution in [3.63, 3.8) is 0 Å². The van der Waals surface area contributed by atoms with Gasteiger partial charge in [-0.05, 0) is 38.1 Å². The minimum absolute atomic E-state index is 0.0421. The van der Waals surface area contributed by atoms with Crippen molar-refractivity contribution < 1.29 is 9.18 Å². The van der Waals surface area contributed by atoms with Gasteiger partial charge < -0.3 is 10.2 Å². The number of likely N-dealkylation sites (tertiary alicyclic amines) is 1. The number of amides is 1.